The lowest BCUT2D eigenvalue weighted by Crippen LogP contribution is -2.36. The van der Waals surface area contributed by atoms with Crippen LogP contribution in [0.3, 0.4) is 0 Å². The van der Waals surface area contributed by atoms with Gasteiger partial charge in [-0.2, -0.15) is 13.2 Å². The van der Waals surface area contributed by atoms with E-state index in [-0.39, 0.29) is 5.56 Å². The minimum atomic E-state index is -4.99. The fraction of sp³-hybridized carbons (Fsp3) is 0.100. The predicted octanol–water partition coefficient (Wildman–Crippen LogP) is 1.71. The summed E-state index contributed by atoms with van der Waals surface area (Å²) in [6, 6.07) is 7.64. The minimum absolute atomic E-state index is 0.199. The second-order valence-electron chi connectivity index (χ2n) is 2.85. The van der Waals surface area contributed by atoms with Gasteiger partial charge in [-0.15, -0.1) is 0 Å². The molecule has 85 valence electrons. The quantitative estimate of drug-likeness (QED) is 0.803. The summed E-state index contributed by atoms with van der Waals surface area (Å²) in [4.78, 5) is 21.6. The van der Waals surface area contributed by atoms with Crippen LogP contribution >= 0.6 is 0 Å². The van der Waals surface area contributed by atoms with E-state index >= 15 is 0 Å². The van der Waals surface area contributed by atoms with Crippen molar-refractivity contribution in [2.75, 3.05) is 0 Å². The van der Waals surface area contributed by atoms with Gasteiger partial charge in [-0.3, -0.25) is 9.59 Å². The molecule has 1 aromatic carbocycles. The third-order valence-corrected chi connectivity index (χ3v) is 1.65. The summed E-state index contributed by atoms with van der Waals surface area (Å²) in [5, 5.41) is 1.38. The Hall–Kier alpha value is -1.85. The number of amides is 1. The van der Waals surface area contributed by atoms with Crippen molar-refractivity contribution in [1.82, 2.24) is 5.32 Å². The van der Waals surface area contributed by atoms with Crippen molar-refractivity contribution < 1.29 is 22.8 Å². The summed E-state index contributed by atoms with van der Waals surface area (Å²) in [5.41, 5.74) is 0.199. The molecule has 1 N–H and O–H groups in total. The molecule has 1 amide bonds. The Balaban J connectivity index is 2.52. The largest absolute Gasteiger partial charge is 0.471 e. The molecule has 0 heterocycles. The lowest BCUT2D eigenvalue weighted by Gasteiger charge is -2.06. The average Bonchev–Trinajstić information content (AvgIpc) is 2.25. The van der Waals surface area contributed by atoms with Gasteiger partial charge in [0.2, 0.25) is 0 Å². The van der Waals surface area contributed by atoms with Crippen molar-refractivity contribution in [3.8, 4) is 0 Å². The van der Waals surface area contributed by atoms with Crippen LogP contribution in [0.4, 0.5) is 13.2 Å². The minimum Gasteiger partial charge on any atom is -0.336 e. The number of hydrogen-bond acceptors (Lipinski definition) is 2. The lowest BCUT2D eigenvalue weighted by atomic mass is 10.1. The van der Waals surface area contributed by atoms with Gasteiger partial charge in [0, 0.05) is 5.56 Å². The molecule has 0 aliphatic heterocycles. The smallest absolute Gasteiger partial charge is 0.336 e. The molecule has 6 heteroatoms. The van der Waals surface area contributed by atoms with E-state index in [1.165, 1.54) is 17.4 Å². The van der Waals surface area contributed by atoms with Gasteiger partial charge >= 0.3 is 12.1 Å². The Morgan fingerprint density at radius 3 is 2.19 bits per heavy atom. The van der Waals surface area contributed by atoms with E-state index in [9.17, 15) is 22.8 Å². The van der Waals surface area contributed by atoms with Crippen LogP contribution in [-0.4, -0.2) is 17.9 Å². The predicted molar refractivity (Wildman–Crippen MR) is 49.3 cm³/mol. The SMILES string of the molecule is O=C([CH]NC(=O)C(F)(F)F)c1ccccc1. The maximum absolute atomic E-state index is 11.8. The summed E-state index contributed by atoms with van der Waals surface area (Å²) in [5.74, 6) is -2.87. The molecule has 1 rings (SSSR count). The molecule has 0 aliphatic rings. The standard InChI is InChI=1S/C10H7F3NO2/c11-10(12,13)9(16)14-6-8(15)7-4-2-1-3-5-7/h1-6H,(H,14,16). The van der Waals surface area contributed by atoms with Crippen LogP contribution in [0.15, 0.2) is 30.3 Å². The van der Waals surface area contributed by atoms with Crippen molar-refractivity contribution in [1.29, 1.82) is 0 Å². The molecular weight excluding hydrogens is 223 g/mol. The Bertz CT molecular complexity index is 387. The van der Waals surface area contributed by atoms with Crippen LogP contribution in [0.25, 0.3) is 0 Å². The Morgan fingerprint density at radius 2 is 1.69 bits per heavy atom. The number of hydrogen-bond donors (Lipinski definition) is 1. The molecule has 0 bridgehead atoms. The third-order valence-electron chi connectivity index (χ3n) is 1.65. The first-order valence-corrected chi connectivity index (χ1v) is 4.21. The van der Waals surface area contributed by atoms with E-state index in [2.05, 4.69) is 0 Å². The first-order chi connectivity index (χ1) is 7.41. The lowest BCUT2D eigenvalue weighted by molar-refractivity contribution is -0.172. The van der Waals surface area contributed by atoms with Gasteiger partial charge in [-0.1, -0.05) is 30.3 Å². The molecule has 1 radical (unpaired) electrons. The zero-order valence-electron chi connectivity index (χ0n) is 7.91. The van der Waals surface area contributed by atoms with E-state index < -0.39 is 17.9 Å². The van der Waals surface area contributed by atoms with Crippen LogP contribution in [-0.2, 0) is 4.79 Å². The van der Waals surface area contributed by atoms with E-state index in [1.807, 2.05) is 0 Å². The number of ketones is 1. The zero-order valence-corrected chi connectivity index (χ0v) is 7.91. The number of benzene rings is 1. The van der Waals surface area contributed by atoms with Gasteiger partial charge in [-0.05, 0) is 0 Å². The monoisotopic (exact) mass is 230 g/mol. The molecule has 16 heavy (non-hydrogen) atoms. The number of halogens is 3. The number of carbonyl (C=O) groups excluding carboxylic acids is 2. The second kappa shape index (κ2) is 4.78. The topological polar surface area (TPSA) is 46.2 Å². The highest BCUT2D eigenvalue weighted by Crippen LogP contribution is 2.14. The molecule has 0 saturated heterocycles. The maximum atomic E-state index is 11.8. The summed E-state index contributed by atoms with van der Waals surface area (Å²) in [6.45, 7) is 0.491. The van der Waals surface area contributed by atoms with Gasteiger partial charge in [0.05, 0.1) is 0 Å². The van der Waals surface area contributed by atoms with Gasteiger partial charge in [0.15, 0.2) is 5.78 Å². The first kappa shape index (κ1) is 12.2. The van der Waals surface area contributed by atoms with Crippen LogP contribution in [0.5, 0.6) is 0 Å². The Kier molecular flexibility index (Phi) is 3.65. The van der Waals surface area contributed by atoms with Gasteiger partial charge < -0.3 is 5.32 Å². The average molecular weight is 230 g/mol. The fourth-order valence-corrected chi connectivity index (χ4v) is 0.899. The highest BCUT2D eigenvalue weighted by Gasteiger charge is 2.38. The number of carbonyl (C=O) groups is 2. The summed E-state index contributed by atoms with van der Waals surface area (Å²) in [6.07, 6.45) is -4.99. The molecule has 0 aliphatic carbocycles. The van der Waals surface area contributed by atoms with Crippen molar-refractivity contribution in [3.05, 3.63) is 42.4 Å². The second-order valence-corrected chi connectivity index (χ2v) is 2.85. The van der Waals surface area contributed by atoms with E-state index in [0.29, 0.717) is 6.54 Å². The molecule has 0 aromatic heterocycles. The number of Topliss-reactive ketones (excluding diaryl/α,β-unsaturated/α-hetero) is 1. The van der Waals surface area contributed by atoms with E-state index in [1.54, 1.807) is 18.2 Å². The van der Waals surface area contributed by atoms with E-state index in [4.69, 9.17) is 0 Å². The molecule has 0 spiro atoms. The van der Waals surface area contributed by atoms with Crippen LogP contribution in [0, 0.1) is 6.54 Å². The van der Waals surface area contributed by atoms with E-state index in [0.717, 1.165) is 0 Å². The van der Waals surface area contributed by atoms with Crippen molar-refractivity contribution in [3.63, 3.8) is 0 Å². The normalized spacial score (nSPS) is 10.9. The fourth-order valence-electron chi connectivity index (χ4n) is 0.899. The molecular formula is C10H7F3NO2. The van der Waals surface area contributed by atoms with Gasteiger partial charge in [-0.25, -0.2) is 0 Å². The first-order valence-electron chi connectivity index (χ1n) is 4.21. The Labute approximate surface area is 89.3 Å². The maximum Gasteiger partial charge on any atom is 0.471 e. The van der Waals surface area contributed by atoms with Crippen molar-refractivity contribution in [2.24, 2.45) is 0 Å². The molecule has 0 saturated carbocycles. The highest BCUT2D eigenvalue weighted by molar-refractivity contribution is 6.04. The molecule has 1 aromatic rings. The summed E-state index contributed by atoms with van der Waals surface area (Å²) >= 11 is 0. The summed E-state index contributed by atoms with van der Waals surface area (Å²) in [7, 11) is 0. The number of nitrogens with one attached hydrogen (secondary N) is 1. The third kappa shape index (κ3) is 3.38. The summed E-state index contributed by atoms with van der Waals surface area (Å²) < 4.78 is 35.3. The van der Waals surface area contributed by atoms with Crippen LogP contribution in [0.1, 0.15) is 10.4 Å². The molecule has 0 atom stereocenters. The molecule has 0 unspecified atom stereocenters. The van der Waals surface area contributed by atoms with Crippen molar-refractivity contribution in [2.45, 2.75) is 6.18 Å². The van der Waals surface area contributed by atoms with Crippen LogP contribution < -0.4 is 5.32 Å². The molecule has 3 nitrogen and oxygen atoms in total. The van der Waals surface area contributed by atoms with Crippen molar-refractivity contribution >= 4 is 11.7 Å². The Morgan fingerprint density at radius 1 is 1.12 bits per heavy atom. The van der Waals surface area contributed by atoms with Gasteiger partial charge in [0.1, 0.15) is 6.54 Å². The highest BCUT2D eigenvalue weighted by atomic mass is 19.4. The number of rotatable bonds is 3. The number of alkyl halides is 3. The van der Waals surface area contributed by atoms with Gasteiger partial charge in [0.25, 0.3) is 0 Å². The molecule has 0 fully saturated rings. The van der Waals surface area contributed by atoms with Crippen LogP contribution in [0.2, 0.25) is 0 Å². The zero-order chi connectivity index (χ0) is 12.2.